The topological polar surface area (TPSA) is 46.3 Å². The van der Waals surface area contributed by atoms with E-state index in [1.807, 2.05) is 23.1 Å². The summed E-state index contributed by atoms with van der Waals surface area (Å²) in [6, 6.07) is 5.91. The van der Waals surface area contributed by atoms with Crippen molar-refractivity contribution in [1.82, 2.24) is 0 Å². The molecular weight excluding hydrogens is 328 g/mol. The Kier molecular flexibility index (Phi) is 4.64. The number of nitrogens with two attached hydrogens (primary N) is 1. The smallest absolute Gasteiger partial charge is 0.259 e. The molecule has 1 aliphatic carbocycles. The number of carbonyl (C=O) groups is 1. The lowest BCUT2D eigenvalue weighted by Crippen LogP contribution is -2.36. The molecule has 122 valence electrons. The number of carbonyl (C=O) groups excluding carboxylic acids is 1. The van der Waals surface area contributed by atoms with Crippen molar-refractivity contribution in [2.24, 2.45) is 0 Å². The average Bonchev–Trinajstić information content (AvgIpc) is 2.98. The van der Waals surface area contributed by atoms with Gasteiger partial charge in [-0.15, -0.1) is 23.7 Å². The molecule has 1 aromatic heterocycles. The Hall–Kier alpha value is -1.52. The van der Waals surface area contributed by atoms with Crippen LogP contribution in [0.1, 0.15) is 45.6 Å². The van der Waals surface area contributed by atoms with Gasteiger partial charge in [0.05, 0.1) is 5.56 Å². The number of aryl methyl sites for hydroxylation is 1. The third-order valence-electron chi connectivity index (χ3n) is 4.82. The van der Waals surface area contributed by atoms with Crippen LogP contribution in [0.15, 0.2) is 23.6 Å². The number of thiophene rings is 1. The van der Waals surface area contributed by atoms with Gasteiger partial charge in [-0.2, -0.15) is 0 Å². The Labute approximate surface area is 146 Å². The zero-order valence-corrected chi connectivity index (χ0v) is 14.6. The molecular formula is C18H21ClN2OS. The minimum Gasteiger partial charge on any atom is -0.398 e. The molecule has 0 saturated carbocycles. The summed E-state index contributed by atoms with van der Waals surface area (Å²) < 4.78 is 0. The molecule has 0 saturated heterocycles. The van der Waals surface area contributed by atoms with E-state index in [1.165, 1.54) is 23.3 Å². The molecule has 2 aromatic rings. The molecule has 5 heteroatoms. The molecule has 0 fully saturated rings. The van der Waals surface area contributed by atoms with E-state index in [4.69, 9.17) is 5.73 Å². The van der Waals surface area contributed by atoms with E-state index in [1.54, 1.807) is 11.3 Å². The van der Waals surface area contributed by atoms with Crippen LogP contribution in [-0.4, -0.2) is 12.5 Å². The summed E-state index contributed by atoms with van der Waals surface area (Å²) in [5.41, 5.74) is 11.3. The van der Waals surface area contributed by atoms with Crippen molar-refractivity contribution in [1.29, 1.82) is 0 Å². The number of anilines is 2. The van der Waals surface area contributed by atoms with Gasteiger partial charge in [0.1, 0.15) is 0 Å². The van der Waals surface area contributed by atoms with Crippen molar-refractivity contribution in [2.45, 2.75) is 38.5 Å². The number of halogens is 1. The van der Waals surface area contributed by atoms with Crippen LogP contribution in [0.4, 0.5) is 11.4 Å². The molecule has 1 aromatic carbocycles. The highest BCUT2D eigenvalue weighted by atomic mass is 35.5. The van der Waals surface area contributed by atoms with Gasteiger partial charge >= 0.3 is 0 Å². The average molecular weight is 349 g/mol. The third-order valence-corrected chi connectivity index (χ3v) is 5.91. The second-order valence-electron chi connectivity index (χ2n) is 6.16. The van der Waals surface area contributed by atoms with Crippen molar-refractivity contribution in [2.75, 3.05) is 17.2 Å². The summed E-state index contributed by atoms with van der Waals surface area (Å²) >= 11 is 1.76. The largest absolute Gasteiger partial charge is 0.398 e. The Bertz CT molecular complexity index is 741. The van der Waals surface area contributed by atoms with Crippen molar-refractivity contribution < 1.29 is 4.79 Å². The highest BCUT2D eigenvalue weighted by Gasteiger charge is 2.28. The van der Waals surface area contributed by atoms with Crippen molar-refractivity contribution in [3.05, 3.63) is 45.1 Å². The van der Waals surface area contributed by atoms with E-state index in [0.717, 1.165) is 54.7 Å². The second-order valence-corrected chi connectivity index (χ2v) is 7.13. The van der Waals surface area contributed by atoms with Gasteiger partial charge in [0.15, 0.2) is 0 Å². The van der Waals surface area contributed by atoms with E-state index in [2.05, 4.69) is 5.38 Å². The fourth-order valence-electron chi connectivity index (χ4n) is 3.68. The lowest BCUT2D eigenvalue weighted by atomic mass is 9.94. The predicted molar refractivity (Wildman–Crippen MR) is 99.1 cm³/mol. The van der Waals surface area contributed by atoms with Crippen molar-refractivity contribution in [3.63, 3.8) is 0 Å². The first-order valence-corrected chi connectivity index (χ1v) is 8.92. The Morgan fingerprint density at radius 3 is 2.74 bits per heavy atom. The maximum Gasteiger partial charge on any atom is 0.259 e. The van der Waals surface area contributed by atoms with Crippen molar-refractivity contribution >= 4 is 41.0 Å². The van der Waals surface area contributed by atoms with Crippen LogP contribution >= 0.6 is 23.7 Å². The zero-order chi connectivity index (χ0) is 15.1. The molecule has 1 aliphatic heterocycles. The number of hydrogen-bond acceptors (Lipinski definition) is 3. The maximum atomic E-state index is 13.1. The fraction of sp³-hybridized carbons (Fsp3) is 0.389. The molecule has 0 spiro atoms. The van der Waals surface area contributed by atoms with Crippen LogP contribution in [0.2, 0.25) is 0 Å². The van der Waals surface area contributed by atoms with Gasteiger partial charge in [0, 0.05) is 28.2 Å². The van der Waals surface area contributed by atoms with E-state index in [0.29, 0.717) is 0 Å². The molecule has 3 nitrogen and oxygen atoms in total. The highest BCUT2D eigenvalue weighted by Crippen LogP contribution is 2.35. The van der Waals surface area contributed by atoms with Crippen LogP contribution < -0.4 is 10.6 Å². The summed E-state index contributed by atoms with van der Waals surface area (Å²) in [5.74, 6) is 0.158. The molecule has 1 amide bonds. The van der Waals surface area contributed by atoms with Gasteiger partial charge in [-0.05, 0) is 61.8 Å². The summed E-state index contributed by atoms with van der Waals surface area (Å²) in [5, 5.41) is 2.07. The standard InChI is InChI=1S/C18H20N2OS.ClH/c19-15-7-3-8-16-13(15)6-4-10-20(16)18(21)14-11-22-17-9-2-1-5-12(14)17;/h3,7-8,11H,1-2,4-6,9-10,19H2;1H. The number of benzene rings is 1. The van der Waals surface area contributed by atoms with Crippen molar-refractivity contribution in [3.8, 4) is 0 Å². The molecule has 0 radical (unpaired) electrons. The Morgan fingerprint density at radius 1 is 1.09 bits per heavy atom. The fourth-order valence-corrected chi connectivity index (χ4v) is 4.80. The predicted octanol–water partition coefficient (Wildman–Crippen LogP) is 4.22. The number of fused-ring (bicyclic) bond motifs is 2. The lowest BCUT2D eigenvalue weighted by molar-refractivity contribution is 0.0984. The number of nitrogens with zero attached hydrogens (tertiary/aromatic N) is 1. The minimum atomic E-state index is 0. The van der Waals surface area contributed by atoms with E-state index >= 15 is 0 Å². The van der Waals surface area contributed by atoms with E-state index < -0.39 is 0 Å². The monoisotopic (exact) mass is 348 g/mol. The minimum absolute atomic E-state index is 0. The van der Waals surface area contributed by atoms with Gasteiger partial charge in [-0.3, -0.25) is 4.79 Å². The van der Waals surface area contributed by atoms with Crippen LogP contribution in [0.25, 0.3) is 0 Å². The molecule has 0 unspecified atom stereocenters. The number of amides is 1. The third kappa shape index (κ3) is 2.74. The summed E-state index contributed by atoms with van der Waals surface area (Å²) in [7, 11) is 0. The number of rotatable bonds is 1. The molecule has 0 bridgehead atoms. The first-order valence-electron chi connectivity index (χ1n) is 8.04. The zero-order valence-electron chi connectivity index (χ0n) is 13.0. The summed E-state index contributed by atoms with van der Waals surface area (Å²) in [6.45, 7) is 0.792. The Balaban J connectivity index is 0.00000156. The summed E-state index contributed by atoms with van der Waals surface area (Å²) in [4.78, 5) is 16.5. The van der Waals surface area contributed by atoms with Gasteiger partial charge in [-0.25, -0.2) is 0 Å². The SMILES string of the molecule is Cl.Nc1cccc2c1CCCN2C(=O)c1csc2c1CCCC2. The molecule has 23 heavy (non-hydrogen) atoms. The van der Waals surface area contributed by atoms with Gasteiger partial charge in [0.2, 0.25) is 0 Å². The molecule has 4 rings (SSSR count). The first kappa shape index (κ1) is 16.3. The lowest BCUT2D eigenvalue weighted by Gasteiger charge is -2.30. The Morgan fingerprint density at radius 2 is 1.87 bits per heavy atom. The van der Waals surface area contributed by atoms with Crippen LogP contribution in [-0.2, 0) is 19.3 Å². The van der Waals surface area contributed by atoms with E-state index in [-0.39, 0.29) is 18.3 Å². The molecule has 2 aliphatic rings. The summed E-state index contributed by atoms with van der Waals surface area (Å²) in [6.07, 6.45) is 6.60. The molecule has 0 atom stereocenters. The quantitative estimate of drug-likeness (QED) is 0.784. The van der Waals surface area contributed by atoms with E-state index in [9.17, 15) is 4.79 Å². The molecule has 2 N–H and O–H groups in total. The maximum absolute atomic E-state index is 13.1. The van der Waals surface area contributed by atoms with Gasteiger partial charge in [0.25, 0.3) is 5.91 Å². The normalized spacial score (nSPS) is 16.3. The van der Waals surface area contributed by atoms with Crippen LogP contribution in [0.5, 0.6) is 0 Å². The number of hydrogen-bond donors (Lipinski definition) is 1. The second kappa shape index (κ2) is 6.54. The van der Waals surface area contributed by atoms with Crippen LogP contribution in [0.3, 0.4) is 0 Å². The highest BCUT2D eigenvalue weighted by molar-refractivity contribution is 7.10. The van der Waals surface area contributed by atoms with Crippen LogP contribution in [0, 0.1) is 0 Å². The number of nitrogen functional groups attached to an aromatic ring is 1. The molecule has 2 heterocycles. The first-order chi connectivity index (χ1) is 10.8. The van der Waals surface area contributed by atoms with Gasteiger partial charge in [-0.1, -0.05) is 6.07 Å². The van der Waals surface area contributed by atoms with Gasteiger partial charge < -0.3 is 10.6 Å².